The number of benzene rings is 1. The fourth-order valence-electron chi connectivity index (χ4n) is 1.40. The molecular formula is C14H17F. The van der Waals surface area contributed by atoms with Gasteiger partial charge in [-0.15, -0.1) is 0 Å². The van der Waals surface area contributed by atoms with Crippen LogP contribution in [0, 0.1) is 12.7 Å². The van der Waals surface area contributed by atoms with E-state index in [2.05, 4.69) is 20.4 Å². The fraction of sp³-hybridized carbons (Fsp3) is 0.286. The third-order valence-electron chi connectivity index (χ3n) is 2.49. The Morgan fingerprint density at radius 1 is 1.33 bits per heavy atom. The molecule has 0 bridgehead atoms. The van der Waals surface area contributed by atoms with Gasteiger partial charge >= 0.3 is 0 Å². The maximum Gasteiger partial charge on any atom is 0.126 e. The summed E-state index contributed by atoms with van der Waals surface area (Å²) in [5, 5.41) is 0. The molecule has 0 N–H and O–H groups in total. The Balaban J connectivity index is 3.24. The minimum Gasteiger partial charge on any atom is -0.207 e. The molecule has 0 fully saturated rings. The lowest BCUT2D eigenvalue weighted by atomic mass is 9.97. The first kappa shape index (κ1) is 11.7. The van der Waals surface area contributed by atoms with E-state index in [1.807, 2.05) is 18.2 Å². The highest BCUT2D eigenvalue weighted by atomic mass is 19.1. The van der Waals surface area contributed by atoms with Gasteiger partial charge < -0.3 is 0 Å². The van der Waals surface area contributed by atoms with E-state index in [0.717, 1.165) is 11.1 Å². The van der Waals surface area contributed by atoms with E-state index in [4.69, 9.17) is 0 Å². The molecule has 1 aromatic carbocycles. The molecule has 0 heterocycles. The predicted molar refractivity (Wildman–Crippen MR) is 64.5 cm³/mol. The van der Waals surface area contributed by atoms with Crippen LogP contribution in [0.5, 0.6) is 0 Å². The lowest BCUT2D eigenvalue weighted by Gasteiger charge is -2.09. The van der Waals surface area contributed by atoms with Crippen molar-refractivity contribution in [3.63, 3.8) is 0 Å². The summed E-state index contributed by atoms with van der Waals surface area (Å²) in [4.78, 5) is 0. The molecule has 1 rings (SSSR count). The Kier molecular flexibility index (Phi) is 3.84. The van der Waals surface area contributed by atoms with Gasteiger partial charge in [-0.05, 0) is 35.6 Å². The molecule has 0 aromatic heterocycles. The van der Waals surface area contributed by atoms with E-state index in [9.17, 15) is 4.39 Å². The van der Waals surface area contributed by atoms with Crippen molar-refractivity contribution < 1.29 is 4.39 Å². The van der Waals surface area contributed by atoms with Gasteiger partial charge in [0.2, 0.25) is 0 Å². The van der Waals surface area contributed by atoms with E-state index < -0.39 is 0 Å². The first-order valence-corrected chi connectivity index (χ1v) is 5.15. The highest BCUT2D eigenvalue weighted by Crippen LogP contribution is 2.22. The maximum absolute atomic E-state index is 13.6. The van der Waals surface area contributed by atoms with Gasteiger partial charge in [-0.2, -0.15) is 0 Å². The molecule has 0 amide bonds. The molecule has 0 aliphatic carbocycles. The van der Waals surface area contributed by atoms with Crippen molar-refractivity contribution >= 4 is 6.08 Å². The molecule has 0 nitrogen and oxygen atoms in total. The zero-order chi connectivity index (χ0) is 11.4. The first-order chi connectivity index (χ1) is 7.06. The highest BCUT2D eigenvalue weighted by molar-refractivity contribution is 5.56. The number of rotatable bonds is 3. The molecule has 1 heteroatoms. The van der Waals surface area contributed by atoms with Crippen molar-refractivity contribution in [2.24, 2.45) is 0 Å². The summed E-state index contributed by atoms with van der Waals surface area (Å²) >= 11 is 0. The molecule has 0 saturated carbocycles. The number of halogens is 1. The zero-order valence-electron chi connectivity index (χ0n) is 9.55. The Hall–Kier alpha value is -1.37. The molecule has 15 heavy (non-hydrogen) atoms. The maximum atomic E-state index is 13.6. The largest absolute Gasteiger partial charge is 0.207 e. The average Bonchev–Trinajstić information content (AvgIpc) is 2.19. The third kappa shape index (κ3) is 2.79. The minimum absolute atomic E-state index is 0.134. The Bertz CT molecular complexity index is 387. The summed E-state index contributed by atoms with van der Waals surface area (Å²) in [6.07, 6.45) is 5.41. The third-order valence-corrected chi connectivity index (χ3v) is 2.49. The molecule has 0 aliphatic rings. The molecule has 0 spiro atoms. The van der Waals surface area contributed by atoms with Crippen molar-refractivity contribution in [1.29, 1.82) is 0 Å². The van der Waals surface area contributed by atoms with Crippen LogP contribution >= 0.6 is 0 Å². The Morgan fingerprint density at radius 2 is 2.00 bits per heavy atom. The second kappa shape index (κ2) is 4.92. The Morgan fingerprint density at radius 3 is 2.53 bits per heavy atom. The average molecular weight is 204 g/mol. The molecular weight excluding hydrogens is 187 g/mol. The lowest BCUT2D eigenvalue weighted by Crippen LogP contribution is -1.94. The van der Waals surface area contributed by atoms with E-state index in [1.54, 1.807) is 19.1 Å². The van der Waals surface area contributed by atoms with Crippen molar-refractivity contribution in [3.8, 4) is 0 Å². The lowest BCUT2D eigenvalue weighted by molar-refractivity contribution is 0.613. The summed E-state index contributed by atoms with van der Waals surface area (Å²) in [5.41, 5.74) is 2.65. The summed E-state index contributed by atoms with van der Waals surface area (Å²) < 4.78 is 13.6. The predicted octanol–water partition coefficient (Wildman–Crippen LogP) is 4.46. The van der Waals surface area contributed by atoms with Crippen molar-refractivity contribution in [2.75, 3.05) is 0 Å². The summed E-state index contributed by atoms with van der Waals surface area (Å²) in [7, 11) is 0. The first-order valence-electron chi connectivity index (χ1n) is 5.15. The van der Waals surface area contributed by atoms with Crippen molar-refractivity contribution in [3.05, 3.63) is 53.4 Å². The summed E-state index contributed by atoms with van der Waals surface area (Å²) in [6, 6.07) is 3.65. The molecule has 0 saturated heterocycles. The normalized spacial score (nSPS) is 11.3. The van der Waals surface area contributed by atoms with Crippen LogP contribution in [0.3, 0.4) is 0 Å². The SMILES string of the molecule is C=C/C=C\c1cc(C(C)C)cc(F)c1C. The summed E-state index contributed by atoms with van der Waals surface area (Å²) in [5.74, 6) is 0.209. The van der Waals surface area contributed by atoms with Gasteiger partial charge in [0.1, 0.15) is 5.82 Å². The van der Waals surface area contributed by atoms with Gasteiger partial charge in [-0.1, -0.05) is 44.7 Å². The van der Waals surface area contributed by atoms with E-state index in [-0.39, 0.29) is 5.82 Å². The second-order valence-corrected chi connectivity index (χ2v) is 3.97. The van der Waals surface area contributed by atoms with Gasteiger partial charge in [-0.25, -0.2) is 4.39 Å². The van der Waals surface area contributed by atoms with Crippen LogP contribution in [0.2, 0.25) is 0 Å². The van der Waals surface area contributed by atoms with Gasteiger partial charge in [-0.3, -0.25) is 0 Å². The van der Waals surface area contributed by atoms with Gasteiger partial charge in [0.15, 0.2) is 0 Å². The molecule has 1 aromatic rings. The molecule has 80 valence electrons. The van der Waals surface area contributed by atoms with Crippen LogP contribution in [-0.4, -0.2) is 0 Å². The number of hydrogen-bond donors (Lipinski definition) is 0. The standard InChI is InChI=1S/C14H17F/c1-5-6-7-12-8-13(10(2)3)9-14(15)11(12)4/h5-10H,1H2,2-4H3/b7-6-. The smallest absolute Gasteiger partial charge is 0.126 e. The van der Waals surface area contributed by atoms with Crippen LogP contribution in [0.1, 0.15) is 36.5 Å². The van der Waals surface area contributed by atoms with Crippen molar-refractivity contribution in [2.45, 2.75) is 26.7 Å². The van der Waals surface area contributed by atoms with Crippen LogP contribution in [0.15, 0.2) is 30.9 Å². The monoisotopic (exact) mass is 204 g/mol. The van der Waals surface area contributed by atoms with Crippen LogP contribution in [0.4, 0.5) is 4.39 Å². The van der Waals surface area contributed by atoms with E-state index >= 15 is 0 Å². The van der Waals surface area contributed by atoms with Crippen LogP contribution in [-0.2, 0) is 0 Å². The Labute approximate surface area is 91.1 Å². The topological polar surface area (TPSA) is 0 Å². The second-order valence-electron chi connectivity index (χ2n) is 3.97. The number of allylic oxidation sites excluding steroid dienone is 2. The highest BCUT2D eigenvalue weighted by Gasteiger charge is 2.07. The van der Waals surface area contributed by atoms with Crippen LogP contribution in [0.25, 0.3) is 6.08 Å². The molecule has 0 unspecified atom stereocenters. The van der Waals surface area contributed by atoms with Gasteiger partial charge in [0.05, 0.1) is 0 Å². The molecule has 0 radical (unpaired) electrons. The summed E-state index contributed by atoms with van der Waals surface area (Å²) in [6.45, 7) is 9.52. The quantitative estimate of drug-likeness (QED) is 0.638. The van der Waals surface area contributed by atoms with E-state index in [1.165, 1.54) is 0 Å². The minimum atomic E-state index is -0.134. The fourth-order valence-corrected chi connectivity index (χ4v) is 1.40. The molecule has 0 atom stereocenters. The van der Waals surface area contributed by atoms with Crippen molar-refractivity contribution in [1.82, 2.24) is 0 Å². The zero-order valence-corrected chi connectivity index (χ0v) is 9.55. The van der Waals surface area contributed by atoms with E-state index in [0.29, 0.717) is 11.5 Å². The molecule has 0 aliphatic heterocycles. The van der Waals surface area contributed by atoms with Gasteiger partial charge in [0, 0.05) is 0 Å². The van der Waals surface area contributed by atoms with Gasteiger partial charge in [0.25, 0.3) is 0 Å². The van der Waals surface area contributed by atoms with Crippen LogP contribution < -0.4 is 0 Å². The number of hydrogen-bond acceptors (Lipinski definition) is 0.